The van der Waals surface area contributed by atoms with Gasteiger partial charge in [-0.2, -0.15) is 0 Å². The third-order valence-corrected chi connectivity index (χ3v) is 4.44. The lowest BCUT2D eigenvalue weighted by molar-refractivity contribution is -0.138. The number of thiophene rings is 1. The van der Waals surface area contributed by atoms with Crippen LogP contribution in [0.15, 0.2) is 30.3 Å². The van der Waals surface area contributed by atoms with Gasteiger partial charge < -0.3 is 10.4 Å². The summed E-state index contributed by atoms with van der Waals surface area (Å²) in [5.74, 6) is -2.69. The van der Waals surface area contributed by atoms with Gasteiger partial charge in [0.1, 0.15) is 5.82 Å². The number of aliphatic carboxylic acids is 1. The molecule has 0 fully saturated rings. The second-order valence-electron chi connectivity index (χ2n) is 5.02. The van der Waals surface area contributed by atoms with Crippen LogP contribution in [0.25, 0.3) is 0 Å². The Balaban J connectivity index is 2.09. The minimum atomic E-state index is -1.06. The number of aryl methyl sites for hydroxylation is 2. The zero-order valence-corrected chi connectivity index (χ0v) is 13.0. The van der Waals surface area contributed by atoms with Gasteiger partial charge >= 0.3 is 5.97 Å². The second kappa shape index (κ2) is 6.70. The van der Waals surface area contributed by atoms with Gasteiger partial charge in [0.25, 0.3) is 5.91 Å². The molecule has 22 heavy (non-hydrogen) atoms. The van der Waals surface area contributed by atoms with E-state index in [0.717, 1.165) is 10.4 Å². The maximum absolute atomic E-state index is 12.9. The molecule has 0 aliphatic heterocycles. The van der Waals surface area contributed by atoms with Gasteiger partial charge in [0.2, 0.25) is 0 Å². The first-order valence-corrected chi connectivity index (χ1v) is 7.53. The number of hydrogen-bond donors (Lipinski definition) is 2. The van der Waals surface area contributed by atoms with E-state index in [2.05, 4.69) is 5.32 Å². The molecular formula is C16H16FNO3S. The zero-order chi connectivity index (χ0) is 16.3. The summed E-state index contributed by atoms with van der Waals surface area (Å²) >= 11 is 1.37. The number of hydrogen-bond acceptors (Lipinski definition) is 3. The predicted octanol–water partition coefficient (Wildman–Crippen LogP) is 3.10. The fourth-order valence-electron chi connectivity index (χ4n) is 2.18. The molecule has 0 bridgehead atoms. The molecule has 0 saturated carbocycles. The van der Waals surface area contributed by atoms with E-state index in [0.29, 0.717) is 10.4 Å². The molecule has 1 aromatic heterocycles. The van der Waals surface area contributed by atoms with Gasteiger partial charge in [0.15, 0.2) is 0 Å². The van der Waals surface area contributed by atoms with Gasteiger partial charge in [-0.05, 0) is 43.2 Å². The van der Waals surface area contributed by atoms with Crippen LogP contribution in [0.1, 0.15) is 31.6 Å². The number of rotatable bonds is 5. The summed E-state index contributed by atoms with van der Waals surface area (Å²) in [4.78, 5) is 25.1. The summed E-state index contributed by atoms with van der Waals surface area (Å²) in [5, 5.41) is 11.9. The molecule has 6 heteroatoms. The van der Waals surface area contributed by atoms with Crippen LogP contribution in [0.2, 0.25) is 0 Å². The van der Waals surface area contributed by atoms with Crippen LogP contribution in [0.4, 0.5) is 4.39 Å². The van der Waals surface area contributed by atoms with Crippen LogP contribution >= 0.6 is 11.3 Å². The van der Waals surface area contributed by atoms with Gasteiger partial charge in [-0.25, -0.2) is 4.39 Å². The van der Waals surface area contributed by atoms with Gasteiger partial charge in [0.05, 0.1) is 10.8 Å². The molecule has 0 radical (unpaired) electrons. The van der Waals surface area contributed by atoms with Crippen molar-refractivity contribution in [1.82, 2.24) is 5.32 Å². The fraction of sp³-hybridized carbons (Fsp3) is 0.250. The fourth-order valence-corrected chi connectivity index (χ4v) is 3.13. The Morgan fingerprint density at radius 3 is 2.41 bits per heavy atom. The van der Waals surface area contributed by atoms with Crippen LogP contribution in [0, 0.1) is 19.7 Å². The molecule has 1 aromatic carbocycles. The Morgan fingerprint density at radius 2 is 1.91 bits per heavy atom. The highest BCUT2D eigenvalue weighted by atomic mass is 32.1. The molecule has 0 aliphatic rings. The molecule has 1 amide bonds. The first-order valence-electron chi connectivity index (χ1n) is 6.72. The van der Waals surface area contributed by atoms with Gasteiger partial charge in [-0.1, -0.05) is 12.1 Å². The van der Waals surface area contributed by atoms with Crippen molar-refractivity contribution in [3.05, 3.63) is 57.0 Å². The largest absolute Gasteiger partial charge is 0.481 e. The Bertz CT molecular complexity index is 694. The molecule has 1 unspecified atom stereocenters. The van der Waals surface area contributed by atoms with Crippen LogP contribution in [0.3, 0.4) is 0 Å². The Morgan fingerprint density at radius 1 is 1.27 bits per heavy atom. The molecule has 0 spiro atoms. The highest BCUT2D eigenvalue weighted by molar-refractivity contribution is 7.14. The quantitative estimate of drug-likeness (QED) is 0.889. The number of nitrogens with one attached hydrogen (secondary N) is 1. The monoisotopic (exact) mass is 321 g/mol. The van der Waals surface area contributed by atoms with Crippen molar-refractivity contribution in [1.29, 1.82) is 0 Å². The molecule has 2 N–H and O–H groups in total. The number of amides is 1. The predicted molar refractivity (Wildman–Crippen MR) is 82.9 cm³/mol. The Hall–Kier alpha value is -2.21. The number of carbonyl (C=O) groups excluding carboxylic acids is 1. The smallest absolute Gasteiger partial charge is 0.312 e. The lowest BCUT2D eigenvalue weighted by atomic mass is 9.99. The highest BCUT2D eigenvalue weighted by Gasteiger charge is 2.22. The maximum atomic E-state index is 12.9. The summed E-state index contributed by atoms with van der Waals surface area (Å²) in [6.45, 7) is 3.70. The summed E-state index contributed by atoms with van der Waals surface area (Å²) in [6.07, 6.45) is 0. The molecule has 1 heterocycles. The minimum Gasteiger partial charge on any atom is -0.481 e. The molecule has 4 nitrogen and oxygen atoms in total. The summed E-state index contributed by atoms with van der Waals surface area (Å²) in [6, 6.07) is 7.16. The summed E-state index contributed by atoms with van der Waals surface area (Å²) in [7, 11) is 0. The number of carboxylic acid groups (broad SMARTS) is 1. The van der Waals surface area contributed by atoms with Gasteiger partial charge in [-0.15, -0.1) is 11.3 Å². The van der Waals surface area contributed by atoms with Crippen molar-refractivity contribution in [2.75, 3.05) is 6.54 Å². The summed E-state index contributed by atoms with van der Waals surface area (Å²) < 4.78 is 12.9. The highest BCUT2D eigenvalue weighted by Crippen LogP contribution is 2.21. The van der Waals surface area contributed by atoms with Crippen molar-refractivity contribution in [2.24, 2.45) is 0 Å². The van der Waals surface area contributed by atoms with Gasteiger partial charge in [0, 0.05) is 11.4 Å². The van der Waals surface area contributed by atoms with Crippen molar-refractivity contribution in [3.8, 4) is 0 Å². The van der Waals surface area contributed by atoms with Gasteiger partial charge in [-0.3, -0.25) is 9.59 Å². The average molecular weight is 321 g/mol. The third-order valence-electron chi connectivity index (χ3n) is 3.28. The van der Waals surface area contributed by atoms with Crippen molar-refractivity contribution in [2.45, 2.75) is 19.8 Å². The Labute approximate surface area is 131 Å². The topological polar surface area (TPSA) is 66.4 Å². The molecular weight excluding hydrogens is 305 g/mol. The van der Waals surface area contributed by atoms with Crippen LogP contribution < -0.4 is 5.32 Å². The van der Waals surface area contributed by atoms with Crippen LogP contribution in [-0.4, -0.2) is 23.5 Å². The van der Waals surface area contributed by atoms with Crippen molar-refractivity contribution < 1.29 is 19.1 Å². The molecule has 0 aliphatic carbocycles. The molecule has 1 atom stereocenters. The zero-order valence-electron chi connectivity index (χ0n) is 12.2. The van der Waals surface area contributed by atoms with E-state index in [-0.39, 0.29) is 12.5 Å². The van der Waals surface area contributed by atoms with E-state index in [9.17, 15) is 19.1 Å². The van der Waals surface area contributed by atoms with Crippen LogP contribution in [0.5, 0.6) is 0 Å². The van der Waals surface area contributed by atoms with Crippen molar-refractivity contribution >= 4 is 23.2 Å². The lowest BCUT2D eigenvalue weighted by Gasteiger charge is -2.13. The van der Waals surface area contributed by atoms with E-state index in [1.165, 1.54) is 35.6 Å². The average Bonchev–Trinajstić information content (AvgIpc) is 2.79. The van der Waals surface area contributed by atoms with E-state index >= 15 is 0 Å². The third kappa shape index (κ3) is 3.71. The first kappa shape index (κ1) is 16.2. The first-order chi connectivity index (χ1) is 10.4. The van der Waals surface area contributed by atoms with Crippen molar-refractivity contribution in [3.63, 3.8) is 0 Å². The number of benzene rings is 1. The van der Waals surface area contributed by atoms with Crippen LogP contribution in [-0.2, 0) is 4.79 Å². The number of carboxylic acids is 1. The maximum Gasteiger partial charge on any atom is 0.312 e. The van der Waals surface area contributed by atoms with E-state index in [1.807, 2.05) is 19.9 Å². The number of halogens is 1. The van der Waals surface area contributed by atoms with E-state index < -0.39 is 17.7 Å². The lowest BCUT2D eigenvalue weighted by Crippen LogP contribution is -2.31. The standard InChI is InChI=1S/C16H16FNO3S/c1-9-7-10(2)22-14(9)15(19)18-8-13(16(20)21)11-3-5-12(17)6-4-11/h3-7,13H,8H2,1-2H3,(H,18,19)(H,20,21). The molecule has 2 aromatic rings. The minimum absolute atomic E-state index is 0.0454. The second-order valence-corrected chi connectivity index (χ2v) is 6.28. The number of carbonyl (C=O) groups is 2. The molecule has 2 rings (SSSR count). The summed E-state index contributed by atoms with van der Waals surface area (Å²) in [5.41, 5.74) is 1.32. The SMILES string of the molecule is Cc1cc(C)c(C(=O)NCC(C(=O)O)c2ccc(F)cc2)s1. The normalized spacial score (nSPS) is 12.0. The Kier molecular flexibility index (Phi) is 4.92. The van der Waals surface area contributed by atoms with E-state index in [4.69, 9.17) is 0 Å². The molecule has 116 valence electrons. The van der Waals surface area contributed by atoms with E-state index in [1.54, 1.807) is 0 Å². The molecule has 0 saturated heterocycles.